The highest BCUT2D eigenvalue weighted by Gasteiger charge is 2.48. The molecule has 1 rings (SSSR count). The van der Waals surface area contributed by atoms with E-state index in [9.17, 15) is 28.5 Å². The molecule has 55 heavy (non-hydrogen) atoms. The van der Waals surface area contributed by atoms with Crippen LogP contribution >= 0.6 is 0 Å². The van der Waals surface area contributed by atoms with Gasteiger partial charge in [0.25, 0.3) is 0 Å². The van der Waals surface area contributed by atoms with Crippen molar-refractivity contribution in [3.8, 4) is 0 Å². The van der Waals surface area contributed by atoms with Crippen molar-refractivity contribution >= 4 is 16.4 Å². The molecule has 0 aromatic heterocycles. The monoisotopic (exact) mass is 800 g/mol. The second kappa shape index (κ2) is 33.9. The number of rotatable bonds is 34. The summed E-state index contributed by atoms with van der Waals surface area (Å²) >= 11 is 0. The van der Waals surface area contributed by atoms with Crippen LogP contribution in [0.5, 0.6) is 0 Å². The fourth-order valence-corrected chi connectivity index (χ4v) is 6.36. The molecule has 0 amide bonds. The number of esters is 1. The summed E-state index contributed by atoms with van der Waals surface area (Å²) < 4.78 is 58.7. The summed E-state index contributed by atoms with van der Waals surface area (Å²) in [7, 11) is -5.07. The molecule has 6 atom stereocenters. The van der Waals surface area contributed by atoms with Crippen molar-refractivity contribution in [1.82, 2.24) is 0 Å². The first-order valence-corrected chi connectivity index (χ1v) is 21.9. The lowest BCUT2D eigenvalue weighted by molar-refractivity contribution is -0.301. The topological polar surface area (TPSA) is 178 Å². The van der Waals surface area contributed by atoms with Crippen LogP contribution in [-0.4, -0.2) is 97.5 Å². The van der Waals surface area contributed by atoms with E-state index in [1.54, 1.807) is 0 Å². The maximum atomic E-state index is 12.8. The van der Waals surface area contributed by atoms with Gasteiger partial charge >= 0.3 is 16.4 Å². The molecule has 1 aliphatic heterocycles. The van der Waals surface area contributed by atoms with Crippen molar-refractivity contribution in [2.75, 3.05) is 26.4 Å². The Morgan fingerprint density at radius 1 is 0.709 bits per heavy atom. The van der Waals surface area contributed by atoms with Crippen molar-refractivity contribution in [3.63, 3.8) is 0 Å². The molecule has 1 heterocycles. The predicted molar refractivity (Wildman–Crippen MR) is 216 cm³/mol. The summed E-state index contributed by atoms with van der Waals surface area (Å²) in [5, 5.41) is 30.6. The van der Waals surface area contributed by atoms with E-state index in [0.29, 0.717) is 19.4 Å². The molecule has 13 heteroatoms. The fraction of sp³-hybridized carbons (Fsp3) is 0.738. The van der Waals surface area contributed by atoms with Crippen molar-refractivity contribution < 1.29 is 56.2 Å². The van der Waals surface area contributed by atoms with Crippen LogP contribution in [0.25, 0.3) is 0 Å². The van der Waals surface area contributed by atoms with Gasteiger partial charge in [-0.1, -0.05) is 145 Å². The number of ether oxygens (including phenoxy) is 4. The third-order valence-electron chi connectivity index (χ3n) is 8.92. The van der Waals surface area contributed by atoms with Gasteiger partial charge in [-0.15, -0.1) is 0 Å². The van der Waals surface area contributed by atoms with Crippen LogP contribution in [-0.2, 0) is 38.3 Å². The summed E-state index contributed by atoms with van der Waals surface area (Å²) in [6.45, 7) is 3.62. The van der Waals surface area contributed by atoms with Gasteiger partial charge in [0.15, 0.2) is 6.29 Å². The second-order valence-electron chi connectivity index (χ2n) is 13.9. The maximum Gasteiger partial charge on any atom is 0.397 e. The molecule has 4 N–H and O–H groups in total. The number of hydrogen-bond acceptors (Lipinski definition) is 11. The van der Waals surface area contributed by atoms with E-state index in [1.807, 2.05) is 12.2 Å². The average Bonchev–Trinajstić information content (AvgIpc) is 3.15. The van der Waals surface area contributed by atoms with Gasteiger partial charge in [0.1, 0.15) is 30.5 Å². The number of aliphatic hydroxyl groups excluding tert-OH is 3. The number of unbranched alkanes of at least 4 members (excludes halogenated alkanes) is 11. The molecule has 0 saturated carbocycles. The number of hydrogen-bond donors (Lipinski definition) is 4. The Balaban J connectivity index is 2.54. The minimum Gasteiger partial charge on any atom is -0.457 e. The molecule has 0 aromatic rings. The van der Waals surface area contributed by atoms with E-state index >= 15 is 0 Å². The molecule has 318 valence electrons. The SMILES string of the molecule is CC/C=C\C/C=C\C/C=C\C/C=C\C/C=C\CCOCC(COC1OC(CO)C(O)C(OS(=O)(=O)O)C1O)OC(=O)CCCCCCCCCCCCCC. The summed E-state index contributed by atoms with van der Waals surface area (Å²) in [5.74, 6) is -0.427. The van der Waals surface area contributed by atoms with Crippen LogP contribution in [0.1, 0.15) is 136 Å². The smallest absolute Gasteiger partial charge is 0.397 e. The van der Waals surface area contributed by atoms with E-state index in [2.05, 4.69) is 66.6 Å². The molecule has 1 aliphatic rings. The minimum absolute atomic E-state index is 0.0191. The first-order chi connectivity index (χ1) is 26.6. The molecule has 0 radical (unpaired) electrons. The van der Waals surface area contributed by atoms with Crippen LogP contribution in [0, 0.1) is 0 Å². The zero-order valence-corrected chi connectivity index (χ0v) is 34.3. The summed E-state index contributed by atoms with van der Waals surface area (Å²) in [6, 6.07) is 0. The van der Waals surface area contributed by atoms with Gasteiger partial charge in [-0.25, -0.2) is 4.18 Å². The lowest BCUT2D eigenvalue weighted by Gasteiger charge is -2.41. The number of carbonyl (C=O) groups is 1. The lowest BCUT2D eigenvalue weighted by Crippen LogP contribution is -2.60. The van der Waals surface area contributed by atoms with Gasteiger partial charge in [-0.2, -0.15) is 8.42 Å². The largest absolute Gasteiger partial charge is 0.457 e. The van der Waals surface area contributed by atoms with E-state index in [1.165, 1.54) is 51.4 Å². The average molecular weight is 801 g/mol. The fourth-order valence-electron chi connectivity index (χ4n) is 5.85. The van der Waals surface area contributed by atoms with Gasteiger partial charge in [0.05, 0.1) is 26.4 Å². The number of allylic oxidation sites excluding steroid dienone is 9. The number of carbonyl (C=O) groups excluding carboxylic acids is 1. The highest BCUT2D eigenvalue weighted by molar-refractivity contribution is 7.80. The van der Waals surface area contributed by atoms with Crippen LogP contribution in [0.2, 0.25) is 0 Å². The third kappa shape index (κ3) is 27.9. The minimum atomic E-state index is -5.07. The van der Waals surface area contributed by atoms with Crippen molar-refractivity contribution in [1.29, 1.82) is 0 Å². The van der Waals surface area contributed by atoms with Gasteiger partial charge in [0, 0.05) is 6.42 Å². The van der Waals surface area contributed by atoms with Gasteiger partial charge < -0.3 is 34.3 Å². The highest BCUT2D eigenvalue weighted by Crippen LogP contribution is 2.26. The van der Waals surface area contributed by atoms with Crippen LogP contribution in [0.15, 0.2) is 60.8 Å². The number of aliphatic hydroxyl groups is 3. The molecule has 0 aromatic carbocycles. The summed E-state index contributed by atoms with van der Waals surface area (Å²) in [4.78, 5) is 12.8. The molecular weight excluding hydrogens is 729 g/mol. The Morgan fingerprint density at radius 2 is 1.22 bits per heavy atom. The first kappa shape index (κ1) is 50.8. The van der Waals surface area contributed by atoms with E-state index in [4.69, 9.17) is 23.5 Å². The first-order valence-electron chi connectivity index (χ1n) is 20.5. The zero-order valence-electron chi connectivity index (χ0n) is 33.5. The Bertz CT molecular complexity index is 1200. The standard InChI is InChI=1S/C42H72O12S/c1-3-5-7-9-11-13-15-17-18-19-20-22-24-26-28-30-32-50-34-36(52-38(44)31-29-27-25-23-21-16-14-12-10-8-6-4-2)35-51-42-40(46)41(54-55(47,48)49)39(45)37(33-43)53-42/h5,7,11,13,17-18,20,22,26,28,36-37,39-43,45-46H,3-4,6,8-10,12,14-16,19,21,23-25,27,29-35H2,1-2H3,(H,47,48,49)/b7-5-,13-11-,18-17-,22-20-,28-26-. The lowest BCUT2D eigenvalue weighted by atomic mass is 9.99. The van der Waals surface area contributed by atoms with Crippen LogP contribution in [0.4, 0.5) is 0 Å². The van der Waals surface area contributed by atoms with Gasteiger partial charge in [0.2, 0.25) is 0 Å². The third-order valence-corrected chi connectivity index (χ3v) is 9.39. The normalized spacial score (nSPS) is 21.6. The van der Waals surface area contributed by atoms with Crippen LogP contribution < -0.4 is 0 Å². The second-order valence-corrected chi connectivity index (χ2v) is 14.9. The quantitative estimate of drug-likeness (QED) is 0.0215. The Hall–Kier alpha value is -2.20. The molecule has 1 saturated heterocycles. The zero-order chi connectivity index (χ0) is 40.4. The highest BCUT2D eigenvalue weighted by atomic mass is 32.3. The Morgan fingerprint density at radius 3 is 1.73 bits per heavy atom. The van der Waals surface area contributed by atoms with Gasteiger partial charge in [-0.3, -0.25) is 9.35 Å². The van der Waals surface area contributed by atoms with Crippen molar-refractivity contribution in [2.24, 2.45) is 0 Å². The predicted octanol–water partition coefficient (Wildman–Crippen LogP) is 7.79. The van der Waals surface area contributed by atoms with E-state index < -0.39 is 59.8 Å². The summed E-state index contributed by atoms with van der Waals surface area (Å²) in [6.07, 6.45) is 31.4. The molecule has 12 nitrogen and oxygen atoms in total. The maximum absolute atomic E-state index is 12.8. The van der Waals surface area contributed by atoms with Crippen molar-refractivity contribution in [2.45, 2.75) is 173 Å². The Kier molecular flexibility index (Phi) is 31.3. The molecule has 1 fully saturated rings. The molecule has 0 spiro atoms. The van der Waals surface area contributed by atoms with Crippen molar-refractivity contribution in [3.05, 3.63) is 60.8 Å². The molecule has 0 aliphatic carbocycles. The molecule has 6 unspecified atom stereocenters. The van der Waals surface area contributed by atoms with E-state index in [0.717, 1.165) is 51.4 Å². The molecule has 0 bridgehead atoms. The van der Waals surface area contributed by atoms with E-state index in [-0.39, 0.29) is 19.6 Å². The van der Waals surface area contributed by atoms with Crippen LogP contribution in [0.3, 0.4) is 0 Å². The molecular formula is C42H72O12S. The Labute approximate surface area is 331 Å². The summed E-state index contributed by atoms with van der Waals surface area (Å²) in [5.41, 5.74) is 0. The van der Waals surface area contributed by atoms with Gasteiger partial charge in [-0.05, 0) is 44.9 Å².